The lowest BCUT2D eigenvalue weighted by Crippen LogP contribution is -2.46. The van der Waals surface area contributed by atoms with Crippen molar-refractivity contribution in [2.24, 2.45) is 0 Å². The van der Waals surface area contributed by atoms with Crippen LogP contribution in [0.25, 0.3) is 0 Å². The van der Waals surface area contributed by atoms with Crippen LogP contribution in [-0.4, -0.2) is 41.6 Å². The molecule has 1 amide bonds. The lowest BCUT2D eigenvalue weighted by molar-refractivity contribution is -0.128. The summed E-state index contributed by atoms with van der Waals surface area (Å²) in [5.41, 5.74) is 0.851. The number of amides is 1. The van der Waals surface area contributed by atoms with E-state index in [0.717, 1.165) is 16.3 Å². The molecule has 0 saturated carbocycles. The molecule has 3 heterocycles. The third-order valence-electron chi connectivity index (χ3n) is 5.10. The molecule has 2 aliphatic rings. The number of carbonyl (C=O) groups is 1. The number of aromatic nitrogens is 1. The molecule has 0 N–H and O–H groups in total. The highest BCUT2D eigenvalue weighted by molar-refractivity contribution is 7.89. The van der Waals surface area contributed by atoms with E-state index in [4.69, 9.17) is 0 Å². The van der Waals surface area contributed by atoms with Gasteiger partial charge in [-0.05, 0) is 25.0 Å². The zero-order valence-corrected chi connectivity index (χ0v) is 15.7. The quantitative estimate of drug-likeness (QED) is 0.804. The minimum atomic E-state index is -3.62. The van der Waals surface area contributed by atoms with Gasteiger partial charge in [0.15, 0.2) is 0 Å². The summed E-state index contributed by atoms with van der Waals surface area (Å²) in [6.07, 6.45) is 0.603. The van der Waals surface area contributed by atoms with Crippen LogP contribution in [0.4, 0.5) is 0 Å². The molecule has 1 spiro atoms. The van der Waals surface area contributed by atoms with Crippen LogP contribution in [0.1, 0.15) is 29.6 Å². The van der Waals surface area contributed by atoms with E-state index in [9.17, 15) is 13.2 Å². The van der Waals surface area contributed by atoms with Crippen molar-refractivity contribution < 1.29 is 13.2 Å². The summed E-state index contributed by atoms with van der Waals surface area (Å²) in [4.78, 5) is 18.4. The number of fused-ring (bicyclic) bond motifs is 2. The van der Waals surface area contributed by atoms with Gasteiger partial charge in [0.05, 0.1) is 27.7 Å². The zero-order chi connectivity index (χ0) is 17.8. The first-order chi connectivity index (χ1) is 11.8. The van der Waals surface area contributed by atoms with Crippen LogP contribution >= 0.6 is 11.3 Å². The average molecular weight is 377 g/mol. The number of hydrogen-bond donors (Lipinski definition) is 0. The molecule has 1 aromatic carbocycles. The Labute approximate surface area is 151 Å². The second-order valence-electron chi connectivity index (χ2n) is 6.59. The molecule has 4 rings (SSSR count). The van der Waals surface area contributed by atoms with Crippen LogP contribution in [0, 0.1) is 6.92 Å². The first kappa shape index (κ1) is 16.7. The molecule has 25 heavy (non-hydrogen) atoms. The summed E-state index contributed by atoms with van der Waals surface area (Å²) in [5.74, 6) is -0.0249. The number of carbonyl (C=O) groups excluding carboxylic acids is 1. The Balaban J connectivity index is 1.84. The van der Waals surface area contributed by atoms with Crippen molar-refractivity contribution in [3.05, 3.63) is 45.9 Å². The van der Waals surface area contributed by atoms with Crippen molar-refractivity contribution in [1.29, 1.82) is 0 Å². The monoisotopic (exact) mass is 377 g/mol. The normalized spacial score (nSPS) is 24.8. The van der Waals surface area contributed by atoms with Gasteiger partial charge in [0.1, 0.15) is 0 Å². The molecule has 2 aromatic rings. The van der Waals surface area contributed by atoms with Gasteiger partial charge in [-0.3, -0.25) is 4.79 Å². The van der Waals surface area contributed by atoms with Crippen molar-refractivity contribution in [3.8, 4) is 0 Å². The Morgan fingerprint density at radius 1 is 1.36 bits per heavy atom. The Hall–Kier alpha value is -1.77. The number of benzene rings is 1. The molecule has 1 aromatic heterocycles. The molecule has 1 atom stereocenters. The molecular weight excluding hydrogens is 358 g/mol. The Bertz CT molecular complexity index is 954. The summed E-state index contributed by atoms with van der Waals surface area (Å²) in [5, 5.41) is 2.81. The van der Waals surface area contributed by atoms with Gasteiger partial charge in [0.2, 0.25) is 15.9 Å². The van der Waals surface area contributed by atoms with Crippen molar-refractivity contribution in [3.63, 3.8) is 0 Å². The number of thiazole rings is 1. The van der Waals surface area contributed by atoms with Crippen molar-refractivity contribution in [1.82, 2.24) is 14.2 Å². The van der Waals surface area contributed by atoms with E-state index < -0.39 is 15.6 Å². The molecule has 132 valence electrons. The molecule has 1 saturated heterocycles. The van der Waals surface area contributed by atoms with Crippen molar-refractivity contribution in [2.45, 2.75) is 37.2 Å². The van der Waals surface area contributed by atoms with E-state index in [1.165, 1.54) is 18.3 Å². The fraction of sp³-hybridized carbons (Fsp3) is 0.412. The lowest BCUT2D eigenvalue weighted by atomic mass is 9.89. The van der Waals surface area contributed by atoms with Crippen LogP contribution < -0.4 is 0 Å². The zero-order valence-electron chi connectivity index (χ0n) is 14.1. The number of likely N-dealkylation sites (tertiary alicyclic amines) is 1. The Morgan fingerprint density at radius 3 is 2.76 bits per heavy atom. The SMILES string of the molecule is CC(=O)N1CC[C@]2(C1)c1ccccc1S(=O)(=O)N2Cc1csc(C)n1. The fourth-order valence-electron chi connectivity index (χ4n) is 3.91. The van der Waals surface area contributed by atoms with E-state index in [-0.39, 0.29) is 12.5 Å². The minimum Gasteiger partial charge on any atom is -0.341 e. The first-order valence-corrected chi connectivity index (χ1v) is 10.5. The average Bonchev–Trinajstić information content (AvgIpc) is 3.23. The van der Waals surface area contributed by atoms with Gasteiger partial charge in [0.25, 0.3) is 0 Å². The van der Waals surface area contributed by atoms with Crippen LogP contribution in [0.5, 0.6) is 0 Å². The number of sulfonamides is 1. The maximum absolute atomic E-state index is 13.2. The van der Waals surface area contributed by atoms with Gasteiger partial charge >= 0.3 is 0 Å². The number of hydrogen-bond acceptors (Lipinski definition) is 5. The maximum atomic E-state index is 13.2. The Morgan fingerprint density at radius 2 is 2.12 bits per heavy atom. The second-order valence-corrected chi connectivity index (χ2v) is 9.48. The lowest BCUT2D eigenvalue weighted by Gasteiger charge is -2.33. The molecule has 6 nitrogen and oxygen atoms in total. The van der Waals surface area contributed by atoms with Crippen LogP contribution in [0.15, 0.2) is 34.5 Å². The van der Waals surface area contributed by atoms with Gasteiger partial charge in [-0.25, -0.2) is 13.4 Å². The van der Waals surface area contributed by atoms with Gasteiger partial charge in [-0.15, -0.1) is 11.3 Å². The van der Waals surface area contributed by atoms with Crippen LogP contribution in [-0.2, 0) is 26.9 Å². The molecule has 0 unspecified atom stereocenters. The highest BCUT2D eigenvalue weighted by atomic mass is 32.2. The number of rotatable bonds is 2. The van der Waals surface area contributed by atoms with Crippen LogP contribution in [0.3, 0.4) is 0 Å². The Kier molecular flexibility index (Phi) is 3.75. The smallest absolute Gasteiger partial charge is 0.244 e. The molecule has 2 aliphatic heterocycles. The van der Waals surface area contributed by atoms with Crippen LogP contribution in [0.2, 0.25) is 0 Å². The molecular formula is C17H19N3O3S2. The summed E-state index contributed by atoms with van der Waals surface area (Å²) in [6, 6.07) is 7.15. The highest BCUT2D eigenvalue weighted by Crippen LogP contribution is 2.50. The second kappa shape index (κ2) is 5.62. The topological polar surface area (TPSA) is 70.6 Å². The van der Waals surface area contributed by atoms with Gasteiger partial charge < -0.3 is 4.90 Å². The van der Waals surface area contributed by atoms with Crippen molar-refractivity contribution in [2.75, 3.05) is 13.1 Å². The molecule has 0 bridgehead atoms. The van der Waals surface area contributed by atoms with Crippen molar-refractivity contribution >= 4 is 27.3 Å². The highest BCUT2D eigenvalue weighted by Gasteiger charge is 2.57. The summed E-state index contributed by atoms with van der Waals surface area (Å²) in [6.45, 7) is 4.62. The summed E-state index contributed by atoms with van der Waals surface area (Å²) < 4.78 is 28.0. The number of nitrogens with zero attached hydrogens (tertiary/aromatic N) is 3. The predicted octanol–water partition coefficient (Wildman–Crippen LogP) is 2.10. The molecule has 0 aliphatic carbocycles. The third-order valence-corrected chi connectivity index (χ3v) is 7.89. The minimum absolute atomic E-state index is 0.0249. The maximum Gasteiger partial charge on any atom is 0.244 e. The third kappa shape index (κ3) is 2.43. The fourth-order valence-corrected chi connectivity index (χ4v) is 6.55. The van der Waals surface area contributed by atoms with Gasteiger partial charge in [-0.2, -0.15) is 4.31 Å². The van der Waals surface area contributed by atoms with Gasteiger partial charge in [0, 0.05) is 25.4 Å². The van der Waals surface area contributed by atoms with E-state index in [2.05, 4.69) is 4.98 Å². The summed E-state index contributed by atoms with van der Waals surface area (Å²) in [7, 11) is -3.62. The molecule has 8 heteroatoms. The van der Waals surface area contributed by atoms with Gasteiger partial charge in [-0.1, -0.05) is 18.2 Å². The summed E-state index contributed by atoms with van der Waals surface area (Å²) >= 11 is 1.51. The van der Waals surface area contributed by atoms with E-state index in [1.807, 2.05) is 24.4 Å². The molecule has 0 radical (unpaired) electrons. The molecule has 1 fully saturated rings. The number of aryl methyl sites for hydroxylation is 1. The van der Waals surface area contributed by atoms with E-state index >= 15 is 0 Å². The standard InChI is InChI=1S/C17H19N3O3S2/c1-12-18-14(10-24-12)9-20-17(7-8-19(11-17)13(2)21)15-5-3-4-6-16(15)25(20,22)23/h3-6,10H,7-9,11H2,1-2H3/t17-/m0/s1. The predicted molar refractivity (Wildman–Crippen MR) is 94.6 cm³/mol. The largest absolute Gasteiger partial charge is 0.341 e. The first-order valence-electron chi connectivity index (χ1n) is 8.13. The van der Waals surface area contributed by atoms with E-state index in [0.29, 0.717) is 24.4 Å². The van der Waals surface area contributed by atoms with E-state index in [1.54, 1.807) is 21.3 Å².